The molecule has 0 heterocycles. The van der Waals surface area contributed by atoms with Gasteiger partial charge in [0.1, 0.15) is 11.6 Å². The van der Waals surface area contributed by atoms with Crippen molar-refractivity contribution in [2.45, 2.75) is 13.3 Å². The first-order chi connectivity index (χ1) is 6.69. The monoisotopic (exact) mass is 216 g/mol. The van der Waals surface area contributed by atoms with Gasteiger partial charge in [0.2, 0.25) is 0 Å². The van der Waals surface area contributed by atoms with Crippen LogP contribution in [0.3, 0.4) is 0 Å². The van der Waals surface area contributed by atoms with Crippen LogP contribution in [0.25, 0.3) is 0 Å². The van der Waals surface area contributed by atoms with Gasteiger partial charge in [0.25, 0.3) is 0 Å². The molecule has 0 N–H and O–H groups in total. The number of aldehydes is 1. The molecule has 0 aliphatic rings. The first kappa shape index (κ1) is 11.0. The van der Waals surface area contributed by atoms with Crippen LogP contribution < -0.4 is 4.74 Å². The van der Waals surface area contributed by atoms with Crippen molar-refractivity contribution in [2.24, 2.45) is 0 Å². The molecule has 0 saturated heterocycles. The Labute approximate surface area is 86.6 Å². The second-order valence-corrected chi connectivity index (χ2v) is 3.18. The lowest BCUT2D eigenvalue weighted by Crippen LogP contribution is -1.99. The fourth-order valence-electron chi connectivity index (χ4n) is 1.02. The smallest absolute Gasteiger partial charge is 0.153 e. The van der Waals surface area contributed by atoms with Gasteiger partial charge in [-0.1, -0.05) is 18.5 Å². The molecule has 2 nitrogen and oxygen atoms in total. The number of halogens is 2. The summed E-state index contributed by atoms with van der Waals surface area (Å²) in [6, 6.07) is 2.23. The van der Waals surface area contributed by atoms with E-state index < -0.39 is 5.82 Å². The minimum Gasteiger partial charge on any atom is -0.491 e. The molecule has 0 aromatic heterocycles. The van der Waals surface area contributed by atoms with Crippen molar-refractivity contribution < 1.29 is 13.9 Å². The van der Waals surface area contributed by atoms with Gasteiger partial charge in [-0.05, 0) is 18.6 Å². The number of hydrogen-bond donors (Lipinski definition) is 0. The van der Waals surface area contributed by atoms with Gasteiger partial charge in [-0.25, -0.2) is 4.39 Å². The van der Waals surface area contributed by atoms with E-state index >= 15 is 0 Å². The normalized spacial score (nSPS) is 9.93. The van der Waals surface area contributed by atoms with Crippen LogP contribution in [-0.2, 0) is 0 Å². The molecule has 0 aliphatic carbocycles. The molecule has 14 heavy (non-hydrogen) atoms. The molecule has 0 aliphatic heterocycles. The van der Waals surface area contributed by atoms with E-state index in [1.54, 1.807) is 0 Å². The van der Waals surface area contributed by atoms with Gasteiger partial charge in [-0.2, -0.15) is 0 Å². The maximum absolute atomic E-state index is 12.8. The summed E-state index contributed by atoms with van der Waals surface area (Å²) in [4.78, 5) is 10.6. The van der Waals surface area contributed by atoms with Crippen LogP contribution in [-0.4, -0.2) is 12.9 Å². The third-order valence-electron chi connectivity index (χ3n) is 1.61. The van der Waals surface area contributed by atoms with E-state index in [4.69, 9.17) is 16.3 Å². The van der Waals surface area contributed by atoms with Crippen LogP contribution in [0.5, 0.6) is 5.75 Å². The molecule has 0 bridgehead atoms. The van der Waals surface area contributed by atoms with Crippen LogP contribution in [0, 0.1) is 5.82 Å². The van der Waals surface area contributed by atoms with E-state index in [0.29, 0.717) is 12.9 Å². The fourth-order valence-corrected chi connectivity index (χ4v) is 1.29. The molecule has 1 rings (SSSR count). The van der Waals surface area contributed by atoms with Gasteiger partial charge in [0.05, 0.1) is 17.2 Å². The number of benzene rings is 1. The van der Waals surface area contributed by atoms with Gasteiger partial charge in [0, 0.05) is 0 Å². The molecule has 76 valence electrons. The SMILES string of the molecule is CCCOc1c(Cl)cc(F)cc1C=O. The molecule has 1 aromatic carbocycles. The molecular formula is C10H10ClFO2. The summed E-state index contributed by atoms with van der Waals surface area (Å²) in [7, 11) is 0. The zero-order chi connectivity index (χ0) is 10.6. The van der Waals surface area contributed by atoms with Gasteiger partial charge >= 0.3 is 0 Å². The average Bonchev–Trinajstić information content (AvgIpc) is 2.15. The third kappa shape index (κ3) is 2.45. The Bertz CT molecular complexity index is 339. The Kier molecular flexibility index (Phi) is 3.89. The van der Waals surface area contributed by atoms with E-state index in [0.717, 1.165) is 18.6 Å². The second-order valence-electron chi connectivity index (χ2n) is 2.77. The summed E-state index contributed by atoms with van der Waals surface area (Å²) in [6.07, 6.45) is 1.33. The first-order valence-corrected chi connectivity index (χ1v) is 4.63. The van der Waals surface area contributed by atoms with E-state index in [-0.39, 0.29) is 16.3 Å². The summed E-state index contributed by atoms with van der Waals surface area (Å²) in [5, 5.41) is 0.126. The highest BCUT2D eigenvalue weighted by molar-refractivity contribution is 6.32. The zero-order valence-corrected chi connectivity index (χ0v) is 8.47. The minimum absolute atomic E-state index is 0.126. The Balaban J connectivity index is 3.05. The van der Waals surface area contributed by atoms with Crippen LogP contribution >= 0.6 is 11.6 Å². The Hall–Kier alpha value is -1.09. The van der Waals surface area contributed by atoms with E-state index in [2.05, 4.69) is 0 Å². The molecule has 0 fully saturated rings. The Morgan fingerprint density at radius 1 is 1.57 bits per heavy atom. The Morgan fingerprint density at radius 3 is 2.86 bits per heavy atom. The average molecular weight is 217 g/mol. The van der Waals surface area contributed by atoms with Crippen molar-refractivity contribution in [3.63, 3.8) is 0 Å². The summed E-state index contributed by atoms with van der Waals surface area (Å²) in [6.45, 7) is 2.38. The van der Waals surface area contributed by atoms with E-state index in [1.165, 1.54) is 0 Å². The van der Waals surface area contributed by atoms with E-state index in [9.17, 15) is 9.18 Å². The summed E-state index contributed by atoms with van der Waals surface area (Å²) >= 11 is 5.73. The van der Waals surface area contributed by atoms with Gasteiger partial charge in [-0.3, -0.25) is 4.79 Å². The first-order valence-electron chi connectivity index (χ1n) is 4.26. The van der Waals surface area contributed by atoms with Crippen molar-refractivity contribution in [1.82, 2.24) is 0 Å². The lowest BCUT2D eigenvalue weighted by atomic mass is 10.2. The van der Waals surface area contributed by atoms with Crippen LogP contribution in [0.15, 0.2) is 12.1 Å². The highest BCUT2D eigenvalue weighted by atomic mass is 35.5. The number of carbonyl (C=O) groups excluding carboxylic acids is 1. The fraction of sp³-hybridized carbons (Fsp3) is 0.300. The van der Waals surface area contributed by atoms with Crippen LogP contribution in [0.4, 0.5) is 4.39 Å². The highest BCUT2D eigenvalue weighted by Crippen LogP contribution is 2.29. The topological polar surface area (TPSA) is 26.3 Å². The van der Waals surface area contributed by atoms with Crippen molar-refractivity contribution >= 4 is 17.9 Å². The van der Waals surface area contributed by atoms with Crippen molar-refractivity contribution in [3.05, 3.63) is 28.5 Å². The van der Waals surface area contributed by atoms with Gasteiger partial charge in [0.15, 0.2) is 6.29 Å². The molecule has 0 atom stereocenters. The van der Waals surface area contributed by atoms with Gasteiger partial charge in [-0.15, -0.1) is 0 Å². The van der Waals surface area contributed by atoms with Crippen molar-refractivity contribution in [3.8, 4) is 5.75 Å². The lowest BCUT2D eigenvalue weighted by Gasteiger charge is -2.08. The number of carbonyl (C=O) groups is 1. The second kappa shape index (κ2) is 4.96. The Morgan fingerprint density at radius 2 is 2.29 bits per heavy atom. The molecule has 0 radical (unpaired) electrons. The predicted molar refractivity (Wildman–Crippen MR) is 52.6 cm³/mol. The van der Waals surface area contributed by atoms with Crippen molar-refractivity contribution in [1.29, 1.82) is 0 Å². The highest BCUT2D eigenvalue weighted by Gasteiger charge is 2.10. The maximum atomic E-state index is 12.8. The molecule has 0 amide bonds. The van der Waals surface area contributed by atoms with Crippen LogP contribution in [0.2, 0.25) is 5.02 Å². The number of ether oxygens (including phenoxy) is 1. The molecule has 0 spiro atoms. The van der Waals surface area contributed by atoms with Crippen LogP contribution in [0.1, 0.15) is 23.7 Å². The van der Waals surface area contributed by atoms with Crippen molar-refractivity contribution in [2.75, 3.05) is 6.61 Å². The molecule has 0 unspecified atom stereocenters. The van der Waals surface area contributed by atoms with E-state index in [1.807, 2.05) is 6.92 Å². The quantitative estimate of drug-likeness (QED) is 0.723. The summed E-state index contributed by atoms with van der Waals surface area (Å²) in [5.41, 5.74) is 0.142. The number of rotatable bonds is 4. The third-order valence-corrected chi connectivity index (χ3v) is 1.90. The largest absolute Gasteiger partial charge is 0.491 e. The molecule has 0 saturated carbocycles. The summed E-state index contributed by atoms with van der Waals surface area (Å²) in [5.74, 6) is -0.286. The van der Waals surface area contributed by atoms with Gasteiger partial charge < -0.3 is 4.74 Å². The summed E-state index contributed by atoms with van der Waals surface area (Å²) < 4.78 is 18.1. The maximum Gasteiger partial charge on any atom is 0.153 e. The molecular weight excluding hydrogens is 207 g/mol. The molecule has 1 aromatic rings. The predicted octanol–water partition coefficient (Wildman–Crippen LogP) is 3.08. The number of hydrogen-bond acceptors (Lipinski definition) is 2. The standard InChI is InChI=1S/C10H10ClFO2/c1-2-3-14-10-7(6-13)4-8(12)5-9(10)11/h4-6H,2-3H2,1H3. The zero-order valence-electron chi connectivity index (χ0n) is 7.72. The lowest BCUT2D eigenvalue weighted by molar-refractivity contribution is 0.111. The molecule has 4 heteroatoms. The minimum atomic E-state index is -0.541.